The van der Waals surface area contributed by atoms with E-state index < -0.39 is 71.9 Å². The maximum absolute atomic E-state index is 14.3. The van der Waals surface area contributed by atoms with E-state index in [1.54, 1.807) is 34.6 Å². The fourth-order valence-corrected chi connectivity index (χ4v) is 7.67. The van der Waals surface area contributed by atoms with Gasteiger partial charge in [-0.05, 0) is 49.4 Å². The summed E-state index contributed by atoms with van der Waals surface area (Å²) in [4.78, 5) is 22.5. The Hall–Kier alpha value is -5.42. The van der Waals surface area contributed by atoms with Gasteiger partial charge in [0.15, 0.2) is 17.4 Å². The molecule has 2 fully saturated rings. The van der Waals surface area contributed by atoms with Gasteiger partial charge in [-0.2, -0.15) is 0 Å². The Morgan fingerprint density at radius 1 is 0.796 bits per heavy atom. The quantitative estimate of drug-likeness (QED) is 0.160. The number of fused-ring (bicyclic) bond motifs is 2. The number of hydrogen-bond donors (Lipinski definition) is 4. The number of rotatable bonds is 9. The van der Waals surface area contributed by atoms with E-state index >= 15 is 0 Å². The van der Waals surface area contributed by atoms with E-state index in [-0.39, 0.29) is 19.3 Å². The summed E-state index contributed by atoms with van der Waals surface area (Å²) in [5, 5.41) is 45.5. The van der Waals surface area contributed by atoms with Gasteiger partial charge in [-0.3, -0.25) is 4.99 Å². The molecule has 4 unspecified atom stereocenters. The van der Waals surface area contributed by atoms with E-state index in [1.807, 2.05) is 13.0 Å². The van der Waals surface area contributed by atoms with Gasteiger partial charge in [0.05, 0.1) is 29.9 Å². The average Bonchev–Trinajstić information content (AvgIpc) is 3.90. The molecule has 54 heavy (non-hydrogen) atoms. The molecule has 13 nitrogen and oxygen atoms in total. The molecular weight excluding hydrogens is 707 g/mol. The summed E-state index contributed by atoms with van der Waals surface area (Å²) in [6.07, 6.45) is -0.311. The molecule has 0 spiro atoms. The molecule has 0 saturated heterocycles. The summed E-state index contributed by atoms with van der Waals surface area (Å²) in [7, 11) is 1.55. The van der Waals surface area contributed by atoms with Gasteiger partial charge in [-0.25, -0.2) is 33.1 Å². The standard InChI is InChI=1S/C38H36F3N7O6/c1-18-21-8-10-48(27-14-29(34(51)33(27)50)53-28-7-6-20(39)12-19(28)16-42-2)38(21)46-31(45-18)13-25-22-9-11-47(37(22)44-17-43-25)26-15-30(35(52)32(26)49)54-36-23(40)4-3-5-24(36)41/h3-12,16-17,26-27,29-30,32-35,49-52H,13-15H2,1-2H3/t26?,27?,29?,30?,32-,33-,34+,35+/m0/s1. The molecule has 2 aromatic carbocycles. The molecule has 280 valence electrons. The van der Waals surface area contributed by atoms with Gasteiger partial charge in [0.25, 0.3) is 0 Å². The third-order valence-electron chi connectivity index (χ3n) is 10.3. The van der Waals surface area contributed by atoms with E-state index in [2.05, 4.69) is 15.0 Å². The average molecular weight is 744 g/mol. The second-order valence-electron chi connectivity index (χ2n) is 13.6. The number of ether oxygens (including phenoxy) is 2. The topological polar surface area (TPSA) is 173 Å². The summed E-state index contributed by atoms with van der Waals surface area (Å²) in [6.45, 7) is 1.85. The number of aromatic nitrogens is 6. The minimum Gasteiger partial charge on any atom is -0.487 e. The van der Waals surface area contributed by atoms with E-state index in [0.717, 1.165) is 17.5 Å². The molecule has 16 heteroatoms. The third-order valence-corrected chi connectivity index (χ3v) is 10.3. The molecule has 4 heterocycles. The minimum absolute atomic E-state index is 0.0425. The molecule has 2 saturated carbocycles. The van der Waals surface area contributed by atoms with Crippen molar-refractivity contribution in [3.8, 4) is 11.5 Å². The lowest BCUT2D eigenvalue weighted by Crippen LogP contribution is -2.34. The Balaban J connectivity index is 1.05. The Morgan fingerprint density at radius 3 is 2.13 bits per heavy atom. The van der Waals surface area contributed by atoms with Crippen LogP contribution < -0.4 is 9.47 Å². The van der Waals surface area contributed by atoms with Gasteiger partial charge < -0.3 is 39.0 Å². The number of halogens is 3. The van der Waals surface area contributed by atoms with Crippen molar-refractivity contribution in [3.05, 3.63) is 107 Å². The van der Waals surface area contributed by atoms with Crippen LogP contribution in [0.2, 0.25) is 0 Å². The molecule has 4 N–H and O–H groups in total. The SMILES string of the molecule is CN=Cc1cc(F)ccc1OC1CC(n2ccc3c(C)nc(Cc4ncnc5c4ccn5C4CC(Oc5c(F)cccc5F)[C@@H](O)[C@H]4O)nc32)[C@H](O)[C@@H]1O. The normalized spacial score (nSPS) is 25.7. The maximum atomic E-state index is 14.3. The van der Waals surface area contributed by atoms with Crippen LogP contribution in [0.3, 0.4) is 0 Å². The van der Waals surface area contributed by atoms with Crippen LogP contribution in [-0.4, -0.2) is 99.4 Å². The molecule has 2 aliphatic rings. The second-order valence-corrected chi connectivity index (χ2v) is 13.6. The molecular formula is C38H36F3N7O6. The van der Waals surface area contributed by atoms with Crippen molar-refractivity contribution in [2.24, 2.45) is 4.99 Å². The third kappa shape index (κ3) is 6.24. The smallest absolute Gasteiger partial charge is 0.191 e. The molecule has 0 bridgehead atoms. The number of aliphatic hydroxyl groups is 4. The first-order valence-electron chi connectivity index (χ1n) is 17.4. The van der Waals surface area contributed by atoms with Crippen molar-refractivity contribution in [2.45, 2.75) is 74.9 Å². The van der Waals surface area contributed by atoms with Crippen molar-refractivity contribution < 1.29 is 43.1 Å². The zero-order valence-electron chi connectivity index (χ0n) is 29.0. The minimum atomic E-state index is -1.43. The predicted molar refractivity (Wildman–Crippen MR) is 189 cm³/mol. The van der Waals surface area contributed by atoms with Gasteiger partial charge in [0, 0.05) is 54.8 Å². The lowest BCUT2D eigenvalue weighted by molar-refractivity contribution is -0.0181. The monoisotopic (exact) mass is 743 g/mol. The highest BCUT2D eigenvalue weighted by atomic mass is 19.1. The van der Waals surface area contributed by atoms with E-state index in [0.29, 0.717) is 45.2 Å². The zero-order chi connectivity index (χ0) is 37.8. The van der Waals surface area contributed by atoms with Crippen LogP contribution in [0, 0.1) is 24.4 Å². The molecule has 8 atom stereocenters. The fraction of sp³-hybridized carbons (Fsp3) is 0.342. The van der Waals surface area contributed by atoms with Crippen molar-refractivity contribution in [1.82, 2.24) is 29.1 Å². The Bertz CT molecular complexity index is 2370. The molecule has 0 radical (unpaired) electrons. The fourth-order valence-electron chi connectivity index (χ4n) is 7.67. The van der Waals surface area contributed by atoms with E-state index in [1.165, 1.54) is 36.8 Å². The van der Waals surface area contributed by atoms with Crippen LogP contribution in [0.25, 0.3) is 22.1 Å². The van der Waals surface area contributed by atoms with Crippen LogP contribution in [0.5, 0.6) is 11.5 Å². The van der Waals surface area contributed by atoms with Crippen LogP contribution in [0.15, 0.2) is 72.2 Å². The summed E-state index contributed by atoms with van der Waals surface area (Å²) < 4.78 is 57.6. The summed E-state index contributed by atoms with van der Waals surface area (Å²) in [6, 6.07) is 9.60. The van der Waals surface area contributed by atoms with Gasteiger partial charge >= 0.3 is 0 Å². The highest BCUT2D eigenvalue weighted by Crippen LogP contribution is 2.39. The highest BCUT2D eigenvalue weighted by molar-refractivity contribution is 5.83. The van der Waals surface area contributed by atoms with Gasteiger partial charge in [0.2, 0.25) is 0 Å². The molecule has 8 rings (SSSR count). The van der Waals surface area contributed by atoms with Crippen molar-refractivity contribution in [1.29, 1.82) is 0 Å². The Morgan fingerprint density at radius 2 is 1.44 bits per heavy atom. The van der Waals surface area contributed by atoms with Gasteiger partial charge in [-0.15, -0.1) is 0 Å². The summed E-state index contributed by atoms with van der Waals surface area (Å²) in [5.74, 6) is -2.16. The predicted octanol–water partition coefficient (Wildman–Crippen LogP) is 3.77. The van der Waals surface area contributed by atoms with E-state index in [4.69, 9.17) is 19.4 Å². The van der Waals surface area contributed by atoms with Crippen LogP contribution in [0.4, 0.5) is 13.2 Å². The largest absolute Gasteiger partial charge is 0.487 e. The number of hydrogen-bond acceptors (Lipinski definition) is 11. The molecule has 4 aromatic heterocycles. The second kappa shape index (κ2) is 14.1. The molecule has 0 amide bonds. The highest BCUT2D eigenvalue weighted by Gasteiger charge is 2.46. The van der Waals surface area contributed by atoms with Crippen LogP contribution in [-0.2, 0) is 6.42 Å². The summed E-state index contributed by atoms with van der Waals surface area (Å²) >= 11 is 0. The van der Waals surface area contributed by atoms with Crippen LogP contribution in [0.1, 0.15) is 47.7 Å². The van der Waals surface area contributed by atoms with Crippen molar-refractivity contribution >= 4 is 28.3 Å². The van der Waals surface area contributed by atoms with Crippen LogP contribution >= 0.6 is 0 Å². The van der Waals surface area contributed by atoms with E-state index in [9.17, 15) is 33.6 Å². The first-order valence-corrected chi connectivity index (χ1v) is 17.4. The number of aliphatic imine (C=N–C) groups is 1. The molecule has 2 aliphatic carbocycles. The first kappa shape index (κ1) is 35.6. The number of nitrogens with zero attached hydrogens (tertiary/aromatic N) is 7. The van der Waals surface area contributed by atoms with Crippen molar-refractivity contribution in [2.75, 3.05) is 7.05 Å². The molecule has 0 aliphatic heterocycles. The number of para-hydroxylation sites is 1. The number of benzene rings is 2. The Labute approximate surface area is 306 Å². The van der Waals surface area contributed by atoms with Crippen molar-refractivity contribution in [3.63, 3.8) is 0 Å². The Kier molecular flexibility index (Phi) is 9.29. The first-order chi connectivity index (χ1) is 26.0. The summed E-state index contributed by atoms with van der Waals surface area (Å²) in [5.41, 5.74) is 2.67. The van der Waals surface area contributed by atoms with Gasteiger partial charge in [0.1, 0.15) is 71.6 Å². The lowest BCUT2D eigenvalue weighted by atomic mass is 10.2. The number of aryl methyl sites for hydroxylation is 1. The zero-order valence-corrected chi connectivity index (χ0v) is 29.0. The maximum Gasteiger partial charge on any atom is 0.191 e. The lowest BCUT2D eigenvalue weighted by Gasteiger charge is -2.19. The van der Waals surface area contributed by atoms with Gasteiger partial charge in [-0.1, -0.05) is 6.07 Å². The molecule has 6 aromatic rings. The number of aliphatic hydroxyl groups excluding tert-OH is 4.